The third-order valence-corrected chi connectivity index (χ3v) is 23.2. The summed E-state index contributed by atoms with van der Waals surface area (Å²) in [6, 6.07) is 9.98. The Balaban J connectivity index is 2.52. The summed E-state index contributed by atoms with van der Waals surface area (Å²) in [6.07, 6.45) is -3.38. The third-order valence-electron chi connectivity index (χ3n) is 9.76. The average molecular weight is 613 g/mol. The molecular formula is C31H60O6Si3. The zero-order chi connectivity index (χ0) is 30.9. The van der Waals surface area contributed by atoms with Crippen molar-refractivity contribution in [3.05, 3.63) is 35.9 Å². The van der Waals surface area contributed by atoms with E-state index < -0.39 is 55.7 Å². The fourth-order valence-electron chi connectivity index (χ4n) is 3.74. The van der Waals surface area contributed by atoms with Crippen molar-refractivity contribution >= 4 is 25.0 Å². The Morgan fingerprint density at radius 2 is 1.15 bits per heavy atom. The summed E-state index contributed by atoms with van der Waals surface area (Å²) in [4.78, 5) is 0. The molecule has 9 heteroatoms. The van der Waals surface area contributed by atoms with Crippen molar-refractivity contribution in [2.75, 3.05) is 6.61 Å². The van der Waals surface area contributed by atoms with Crippen LogP contribution < -0.4 is 0 Å². The van der Waals surface area contributed by atoms with E-state index in [2.05, 4.69) is 102 Å². The predicted molar refractivity (Wildman–Crippen MR) is 173 cm³/mol. The van der Waals surface area contributed by atoms with Gasteiger partial charge in [-0.25, -0.2) is 0 Å². The van der Waals surface area contributed by atoms with Crippen LogP contribution in [0.25, 0.3) is 0 Å². The zero-order valence-electron chi connectivity index (χ0n) is 28.2. The van der Waals surface area contributed by atoms with Crippen LogP contribution in [-0.4, -0.2) is 67.4 Å². The van der Waals surface area contributed by atoms with Gasteiger partial charge in [0.15, 0.2) is 31.2 Å². The maximum absolute atomic E-state index is 11.8. The minimum Gasteiger partial charge on any atom is -0.414 e. The molecule has 0 amide bonds. The molecule has 1 aliphatic heterocycles. The summed E-state index contributed by atoms with van der Waals surface area (Å²) >= 11 is 0. The molecule has 5 atom stereocenters. The normalized spacial score (nSPS) is 25.8. The summed E-state index contributed by atoms with van der Waals surface area (Å²) in [6.45, 7) is 34.2. The van der Waals surface area contributed by atoms with E-state index in [1.165, 1.54) is 0 Å². The molecule has 1 aromatic rings. The standard InChI is InChI=1S/C31H60O6Si3/c1-29(2,3)38(10,11)34-22-24-26(36-39(12,13)30(4,5)6)27(37-40(14,15)31(7,8)9)25(32)28(35-24)33-21-23-19-17-16-18-20-23/h16-20,24-28,32H,21-22H2,1-15H3/t24-,25-,26-,27-,28-/m1/s1. The number of aliphatic hydroxyl groups excluding tert-OH is 1. The molecule has 0 bridgehead atoms. The first kappa shape index (κ1) is 35.8. The quantitative estimate of drug-likeness (QED) is 0.269. The van der Waals surface area contributed by atoms with Gasteiger partial charge in [-0.05, 0) is 60.0 Å². The van der Waals surface area contributed by atoms with Crippen LogP contribution in [0.3, 0.4) is 0 Å². The molecule has 0 radical (unpaired) electrons. The highest BCUT2D eigenvalue weighted by Gasteiger charge is 2.54. The molecule has 0 unspecified atom stereocenters. The largest absolute Gasteiger partial charge is 0.414 e. The van der Waals surface area contributed by atoms with Gasteiger partial charge in [-0.3, -0.25) is 0 Å². The lowest BCUT2D eigenvalue weighted by Gasteiger charge is -2.52. The smallest absolute Gasteiger partial charge is 0.192 e. The van der Waals surface area contributed by atoms with Gasteiger partial charge in [0.2, 0.25) is 0 Å². The molecule has 1 aromatic carbocycles. The molecule has 1 heterocycles. The average Bonchev–Trinajstić information content (AvgIpc) is 2.78. The first-order chi connectivity index (χ1) is 17.9. The van der Waals surface area contributed by atoms with E-state index in [4.69, 9.17) is 22.8 Å². The number of benzene rings is 1. The predicted octanol–water partition coefficient (Wildman–Crippen LogP) is 8.09. The molecule has 232 valence electrons. The van der Waals surface area contributed by atoms with Gasteiger partial charge in [-0.1, -0.05) is 92.6 Å². The van der Waals surface area contributed by atoms with Gasteiger partial charge in [-0.2, -0.15) is 0 Å². The zero-order valence-corrected chi connectivity index (χ0v) is 31.2. The Labute approximate surface area is 248 Å². The van der Waals surface area contributed by atoms with Crippen molar-refractivity contribution < 1.29 is 27.9 Å². The van der Waals surface area contributed by atoms with E-state index in [1.54, 1.807) is 0 Å². The highest BCUT2D eigenvalue weighted by Crippen LogP contribution is 2.44. The number of hydrogen-bond donors (Lipinski definition) is 1. The van der Waals surface area contributed by atoms with Crippen LogP contribution >= 0.6 is 0 Å². The molecule has 1 N–H and O–H groups in total. The summed E-state index contributed by atoms with van der Waals surface area (Å²) in [5.41, 5.74) is 1.02. The van der Waals surface area contributed by atoms with Crippen molar-refractivity contribution in [1.82, 2.24) is 0 Å². The second-order valence-corrected chi connectivity index (χ2v) is 30.4. The van der Waals surface area contributed by atoms with E-state index >= 15 is 0 Å². The third kappa shape index (κ3) is 8.83. The minimum atomic E-state index is -2.30. The Morgan fingerprint density at radius 3 is 1.60 bits per heavy atom. The summed E-state index contributed by atoms with van der Waals surface area (Å²) < 4.78 is 33.7. The van der Waals surface area contributed by atoms with Crippen LogP contribution in [0, 0.1) is 0 Å². The Bertz CT molecular complexity index is 931. The first-order valence-electron chi connectivity index (χ1n) is 14.9. The fourth-order valence-corrected chi connectivity index (χ4v) is 7.38. The highest BCUT2D eigenvalue weighted by molar-refractivity contribution is 6.75. The van der Waals surface area contributed by atoms with Crippen LogP contribution in [-0.2, 0) is 29.4 Å². The van der Waals surface area contributed by atoms with Gasteiger partial charge in [-0.15, -0.1) is 0 Å². The van der Waals surface area contributed by atoms with Gasteiger partial charge in [0.1, 0.15) is 24.4 Å². The molecule has 0 saturated carbocycles. The van der Waals surface area contributed by atoms with Gasteiger partial charge in [0.25, 0.3) is 0 Å². The molecule has 1 saturated heterocycles. The van der Waals surface area contributed by atoms with Crippen molar-refractivity contribution in [2.45, 2.75) is 154 Å². The van der Waals surface area contributed by atoms with E-state index in [1.807, 2.05) is 30.3 Å². The monoisotopic (exact) mass is 612 g/mol. The molecule has 40 heavy (non-hydrogen) atoms. The topological polar surface area (TPSA) is 66.4 Å². The SMILES string of the molecule is CC(C)(C)[Si](C)(C)OC[C@H]1O[C@@H](OCc2ccccc2)[C@H](O)[C@@H](O[Si](C)(C)C(C)(C)C)[C@@H]1O[Si](C)(C)C(C)(C)C. The van der Waals surface area contributed by atoms with Crippen LogP contribution in [0.4, 0.5) is 0 Å². The van der Waals surface area contributed by atoms with Crippen LogP contribution in [0.1, 0.15) is 67.9 Å². The number of aliphatic hydroxyl groups is 1. The van der Waals surface area contributed by atoms with Gasteiger partial charge in [0, 0.05) is 0 Å². The maximum Gasteiger partial charge on any atom is 0.192 e. The highest BCUT2D eigenvalue weighted by atomic mass is 28.4. The van der Waals surface area contributed by atoms with E-state index in [0.29, 0.717) is 13.2 Å². The number of rotatable bonds is 10. The molecule has 2 rings (SSSR count). The molecule has 6 nitrogen and oxygen atoms in total. The van der Waals surface area contributed by atoms with Crippen molar-refractivity contribution in [2.24, 2.45) is 0 Å². The van der Waals surface area contributed by atoms with Crippen LogP contribution in [0.2, 0.25) is 54.4 Å². The number of hydrogen-bond acceptors (Lipinski definition) is 6. The summed E-state index contributed by atoms with van der Waals surface area (Å²) in [7, 11) is -6.66. The van der Waals surface area contributed by atoms with E-state index in [0.717, 1.165) is 5.56 Å². The van der Waals surface area contributed by atoms with Gasteiger partial charge in [0.05, 0.1) is 13.2 Å². The number of ether oxygens (including phenoxy) is 2. The second kappa shape index (κ2) is 12.7. The van der Waals surface area contributed by atoms with E-state index in [-0.39, 0.29) is 15.1 Å². The molecule has 0 spiro atoms. The van der Waals surface area contributed by atoms with Gasteiger partial charge < -0.3 is 27.9 Å². The minimum absolute atomic E-state index is 0.0228. The van der Waals surface area contributed by atoms with Crippen molar-refractivity contribution in [1.29, 1.82) is 0 Å². The van der Waals surface area contributed by atoms with Crippen molar-refractivity contribution in [3.63, 3.8) is 0 Å². The Morgan fingerprint density at radius 1 is 0.700 bits per heavy atom. The lowest BCUT2D eigenvalue weighted by Crippen LogP contribution is -2.66. The molecule has 1 aliphatic rings. The lowest BCUT2D eigenvalue weighted by molar-refractivity contribution is -0.298. The molecule has 1 fully saturated rings. The molecule has 0 aromatic heterocycles. The fraction of sp³-hybridized carbons (Fsp3) is 0.806. The first-order valence-corrected chi connectivity index (χ1v) is 23.6. The Kier molecular flexibility index (Phi) is 11.4. The summed E-state index contributed by atoms with van der Waals surface area (Å²) in [5, 5.41) is 11.8. The summed E-state index contributed by atoms with van der Waals surface area (Å²) in [5.74, 6) is 0. The molecular weight excluding hydrogens is 553 g/mol. The van der Waals surface area contributed by atoms with Crippen LogP contribution in [0.5, 0.6) is 0 Å². The van der Waals surface area contributed by atoms with E-state index in [9.17, 15) is 5.11 Å². The lowest BCUT2D eigenvalue weighted by atomic mass is 9.99. The van der Waals surface area contributed by atoms with Crippen molar-refractivity contribution in [3.8, 4) is 0 Å². The van der Waals surface area contributed by atoms with Crippen LogP contribution in [0.15, 0.2) is 30.3 Å². The van der Waals surface area contributed by atoms with Gasteiger partial charge >= 0.3 is 0 Å². The molecule has 0 aliphatic carbocycles. The Hall–Kier alpha value is -0.369. The second-order valence-electron chi connectivity index (χ2n) is 16.1. The maximum atomic E-state index is 11.8.